The highest BCUT2D eigenvalue weighted by Crippen LogP contribution is 2.26. The lowest BCUT2D eigenvalue weighted by molar-refractivity contribution is 0.0966. The van der Waals surface area contributed by atoms with Crippen LogP contribution in [0.3, 0.4) is 0 Å². The molecule has 21 heavy (non-hydrogen) atoms. The Balaban J connectivity index is 2.21. The molecule has 0 aliphatic rings. The van der Waals surface area contributed by atoms with Crippen LogP contribution >= 0.6 is 0 Å². The molecule has 0 radical (unpaired) electrons. The number of carbonyl (C=O) groups is 1. The minimum atomic E-state index is -0.325. The van der Waals surface area contributed by atoms with E-state index < -0.39 is 0 Å². The van der Waals surface area contributed by atoms with Gasteiger partial charge in [0.25, 0.3) is 0 Å². The van der Waals surface area contributed by atoms with Gasteiger partial charge in [0, 0.05) is 11.5 Å². The normalized spacial score (nSPS) is 13.0. The predicted octanol–water partition coefficient (Wildman–Crippen LogP) is 5.11. The third-order valence-electron chi connectivity index (χ3n) is 3.80. The van der Waals surface area contributed by atoms with Crippen molar-refractivity contribution >= 4 is 5.78 Å². The minimum Gasteiger partial charge on any atom is -0.294 e. The summed E-state index contributed by atoms with van der Waals surface area (Å²) in [5, 5.41) is 0. The van der Waals surface area contributed by atoms with Crippen molar-refractivity contribution in [1.29, 1.82) is 0 Å². The van der Waals surface area contributed by atoms with Crippen molar-refractivity contribution in [3.63, 3.8) is 0 Å². The standard InChI is InChI=1S/C19H21FO/c1-13(18(21)15-7-11-17(20)12-8-15)14-5-9-16(10-6-14)19(2,3)4/h5-13H,1-4H3. The molecule has 0 fully saturated rings. The van der Waals surface area contributed by atoms with E-state index >= 15 is 0 Å². The molecule has 0 aliphatic carbocycles. The Labute approximate surface area is 125 Å². The Kier molecular flexibility index (Phi) is 4.26. The third kappa shape index (κ3) is 3.57. The van der Waals surface area contributed by atoms with Gasteiger partial charge in [0.05, 0.1) is 0 Å². The highest BCUT2D eigenvalue weighted by atomic mass is 19.1. The number of Topliss-reactive ketones (excluding diaryl/α,β-unsaturated/α-hetero) is 1. The van der Waals surface area contributed by atoms with Gasteiger partial charge in [-0.05, 0) is 40.8 Å². The summed E-state index contributed by atoms with van der Waals surface area (Å²) in [5.41, 5.74) is 2.87. The Morgan fingerprint density at radius 3 is 1.95 bits per heavy atom. The zero-order valence-corrected chi connectivity index (χ0v) is 13.0. The maximum absolute atomic E-state index is 12.9. The number of benzene rings is 2. The predicted molar refractivity (Wildman–Crippen MR) is 84.3 cm³/mol. The van der Waals surface area contributed by atoms with E-state index in [0.29, 0.717) is 5.56 Å². The van der Waals surface area contributed by atoms with E-state index in [1.54, 1.807) is 0 Å². The first-order valence-electron chi connectivity index (χ1n) is 7.19. The summed E-state index contributed by atoms with van der Waals surface area (Å²) in [7, 11) is 0. The SMILES string of the molecule is CC(C(=O)c1ccc(F)cc1)c1ccc(C(C)(C)C)cc1. The quantitative estimate of drug-likeness (QED) is 0.716. The Morgan fingerprint density at radius 1 is 0.952 bits per heavy atom. The molecule has 0 aromatic heterocycles. The molecule has 2 heteroatoms. The van der Waals surface area contributed by atoms with Crippen molar-refractivity contribution in [2.45, 2.75) is 39.0 Å². The topological polar surface area (TPSA) is 17.1 Å². The van der Waals surface area contributed by atoms with E-state index in [9.17, 15) is 9.18 Å². The summed E-state index contributed by atoms with van der Waals surface area (Å²) in [6, 6.07) is 13.9. The first-order chi connectivity index (χ1) is 9.79. The molecule has 2 aromatic carbocycles. The van der Waals surface area contributed by atoms with E-state index in [1.807, 2.05) is 19.1 Å². The smallest absolute Gasteiger partial charge is 0.170 e. The number of hydrogen-bond acceptors (Lipinski definition) is 1. The van der Waals surface area contributed by atoms with E-state index in [-0.39, 0.29) is 22.9 Å². The van der Waals surface area contributed by atoms with Crippen LogP contribution in [-0.2, 0) is 5.41 Å². The maximum Gasteiger partial charge on any atom is 0.170 e. The number of rotatable bonds is 3. The first kappa shape index (κ1) is 15.4. The molecule has 0 N–H and O–H groups in total. The third-order valence-corrected chi connectivity index (χ3v) is 3.80. The fourth-order valence-corrected chi connectivity index (χ4v) is 2.29. The molecule has 1 unspecified atom stereocenters. The lowest BCUT2D eigenvalue weighted by Gasteiger charge is -2.20. The molecule has 110 valence electrons. The van der Waals surface area contributed by atoms with Gasteiger partial charge in [-0.2, -0.15) is 0 Å². The zero-order valence-electron chi connectivity index (χ0n) is 13.0. The maximum atomic E-state index is 12.9. The van der Waals surface area contributed by atoms with Crippen molar-refractivity contribution < 1.29 is 9.18 Å². The van der Waals surface area contributed by atoms with Gasteiger partial charge in [0.2, 0.25) is 0 Å². The molecule has 0 bridgehead atoms. The van der Waals surface area contributed by atoms with Gasteiger partial charge in [0.15, 0.2) is 5.78 Å². The van der Waals surface area contributed by atoms with Gasteiger partial charge in [-0.15, -0.1) is 0 Å². The molecule has 0 saturated heterocycles. The van der Waals surface area contributed by atoms with Crippen LogP contribution in [0.5, 0.6) is 0 Å². The summed E-state index contributed by atoms with van der Waals surface area (Å²) in [5.74, 6) is -0.545. The molecule has 1 atom stereocenters. The molecular weight excluding hydrogens is 263 g/mol. The molecular formula is C19H21FO. The molecule has 0 spiro atoms. The summed E-state index contributed by atoms with van der Waals surface area (Å²) < 4.78 is 12.9. The van der Waals surface area contributed by atoms with Gasteiger partial charge in [-0.1, -0.05) is 52.0 Å². The summed E-state index contributed by atoms with van der Waals surface area (Å²) in [6.07, 6.45) is 0. The summed E-state index contributed by atoms with van der Waals surface area (Å²) in [4.78, 5) is 12.4. The van der Waals surface area contributed by atoms with Gasteiger partial charge >= 0.3 is 0 Å². The minimum absolute atomic E-state index is 0.0125. The molecule has 0 aliphatic heterocycles. The summed E-state index contributed by atoms with van der Waals surface area (Å²) >= 11 is 0. The van der Waals surface area contributed by atoms with Crippen LogP contribution in [0.25, 0.3) is 0 Å². The highest BCUT2D eigenvalue weighted by Gasteiger charge is 2.19. The average Bonchev–Trinajstić information content (AvgIpc) is 2.46. The molecule has 0 saturated carbocycles. The van der Waals surface area contributed by atoms with Crippen molar-refractivity contribution in [3.05, 3.63) is 71.0 Å². The fourth-order valence-electron chi connectivity index (χ4n) is 2.29. The fraction of sp³-hybridized carbons (Fsp3) is 0.316. The van der Waals surface area contributed by atoms with Gasteiger partial charge in [-0.25, -0.2) is 4.39 Å². The van der Waals surface area contributed by atoms with Crippen LogP contribution in [0.15, 0.2) is 48.5 Å². The Bertz CT molecular complexity index is 618. The molecule has 0 heterocycles. The number of halogens is 1. The van der Waals surface area contributed by atoms with Gasteiger partial charge < -0.3 is 0 Å². The van der Waals surface area contributed by atoms with Crippen LogP contribution in [0.2, 0.25) is 0 Å². The average molecular weight is 284 g/mol. The van der Waals surface area contributed by atoms with Crippen LogP contribution in [0.1, 0.15) is 55.1 Å². The van der Waals surface area contributed by atoms with E-state index in [1.165, 1.54) is 29.8 Å². The van der Waals surface area contributed by atoms with Crippen molar-refractivity contribution in [1.82, 2.24) is 0 Å². The molecule has 0 amide bonds. The van der Waals surface area contributed by atoms with Crippen molar-refractivity contribution in [2.75, 3.05) is 0 Å². The second-order valence-corrected chi connectivity index (χ2v) is 6.46. The van der Waals surface area contributed by atoms with E-state index in [2.05, 4.69) is 32.9 Å². The van der Waals surface area contributed by atoms with E-state index in [0.717, 1.165) is 5.56 Å². The Hall–Kier alpha value is -1.96. The van der Waals surface area contributed by atoms with Crippen molar-refractivity contribution in [3.8, 4) is 0 Å². The molecule has 1 nitrogen and oxygen atoms in total. The van der Waals surface area contributed by atoms with E-state index in [4.69, 9.17) is 0 Å². The first-order valence-corrected chi connectivity index (χ1v) is 7.19. The lowest BCUT2D eigenvalue weighted by atomic mass is 9.85. The van der Waals surface area contributed by atoms with Gasteiger partial charge in [-0.3, -0.25) is 4.79 Å². The number of carbonyl (C=O) groups excluding carboxylic acids is 1. The summed E-state index contributed by atoms with van der Waals surface area (Å²) in [6.45, 7) is 8.37. The highest BCUT2D eigenvalue weighted by molar-refractivity contribution is 6.00. The molecule has 2 rings (SSSR count). The van der Waals surface area contributed by atoms with Crippen molar-refractivity contribution in [2.24, 2.45) is 0 Å². The Morgan fingerprint density at radius 2 is 1.48 bits per heavy atom. The zero-order chi connectivity index (χ0) is 15.6. The second-order valence-electron chi connectivity index (χ2n) is 6.46. The van der Waals surface area contributed by atoms with Crippen LogP contribution in [-0.4, -0.2) is 5.78 Å². The number of hydrogen-bond donors (Lipinski definition) is 0. The van der Waals surface area contributed by atoms with Crippen LogP contribution in [0, 0.1) is 5.82 Å². The van der Waals surface area contributed by atoms with Crippen LogP contribution in [0.4, 0.5) is 4.39 Å². The molecule has 2 aromatic rings. The second kappa shape index (κ2) is 5.80. The van der Waals surface area contributed by atoms with Gasteiger partial charge in [0.1, 0.15) is 5.82 Å². The monoisotopic (exact) mass is 284 g/mol. The largest absolute Gasteiger partial charge is 0.294 e. The lowest BCUT2D eigenvalue weighted by Crippen LogP contribution is -2.13. The van der Waals surface area contributed by atoms with Crippen LogP contribution < -0.4 is 0 Å². The number of ketones is 1.